The van der Waals surface area contributed by atoms with Gasteiger partial charge < -0.3 is 4.74 Å². The van der Waals surface area contributed by atoms with Gasteiger partial charge >= 0.3 is 0 Å². The Morgan fingerprint density at radius 1 is 1.41 bits per heavy atom. The first-order valence-electron chi connectivity index (χ1n) is 4.73. The van der Waals surface area contributed by atoms with Gasteiger partial charge in [0.1, 0.15) is 5.52 Å². The summed E-state index contributed by atoms with van der Waals surface area (Å²) in [6.07, 6.45) is 2.69. The van der Waals surface area contributed by atoms with Gasteiger partial charge in [0.05, 0.1) is 11.7 Å². The molecule has 0 aliphatic carbocycles. The van der Waals surface area contributed by atoms with E-state index in [1.54, 1.807) is 6.07 Å². The third kappa shape index (κ3) is 2.97. The first kappa shape index (κ1) is 11.9. The molecule has 2 rings (SSSR count). The quantitative estimate of drug-likeness (QED) is 0.795. The summed E-state index contributed by atoms with van der Waals surface area (Å²) in [7, 11) is 0. The summed E-state index contributed by atoms with van der Waals surface area (Å²) >= 11 is 5.78. The van der Waals surface area contributed by atoms with Crippen LogP contribution in [0.4, 0.5) is 8.78 Å². The monoisotopic (exact) mass is 259 g/mol. The van der Waals surface area contributed by atoms with Crippen molar-refractivity contribution < 1.29 is 13.5 Å². The fraction of sp³-hybridized carbons (Fsp3) is 0.300. The molecule has 0 unspecified atom stereocenters. The smallest absolute Gasteiger partial charge is 0.278 e. The highest BCUT2D eigenvalue weighted by Crippen LogP contribution is 2.20. The first-order chi connectivity index (χ1) is 7.96. The van der Waals surface area contributed by atoms with Gasteiger partial charge in [-0.15, -0.1) is 0 Å². The number of ether oxygens (including phenoxy) is 1. The fourth-order valence-corrected chi connectivity index (χ4v) is 1.37. The van der Waals surface area contributed by atoms with E-state index in [1.807, 2.05) is 0 Å². The summed E-state index contributed by atoms with van der Waals surface area (Å²) in [6, 6.07) is 1.57. The molecule has 0 fully saturated rings. The van der Waals surface area contributed by atoms with Crippen LogP contribution in [0.25, 0.3) is 11.0 Å². The molecule has 90 valence electrons. The molecule has 2 aromatic heterocycles. The maximum Gasteiger partial charge on any atom is 0.278 e. The van der Waals surface area contributed by atoms with Crippen molar-refractivity contribution in [2.24, 2.45) is 0 Å². The molecule has 0 atom stereocenters. The topological polar surface area (TPSA) is 47.9 Å². The first-order valence-corrected chi connectivity index (χ1v) is 5.11. The van der Waals surface area contributed by atoms with Crippen molar-refractivity contribution in [1.29, 1.82) is 0 Å². The average molecular weight is 260 g/mol. The Kier molecular flexibility index (Phi) is 3.06. The molecule has 0 N–H and O–H groups in total. The molecule has 0 aliphatic heterocycles. The highest BCUT2D eigenvalue weighted by atomic mass is 35.5. The lowest BCUT2D eigenvalue weighted by atomic mass is 10.4. The van der Waals surface area contributed by atoms with E-state index in [2.05, 4.69) is 15.0 Å². The zero-order chi connectivity index (χ0) is 12.5. The van der Waals surface area contributed by atoms with Crippen LogP contribution < -0.4 is 4.74 Å². The summed E-state index contributed by atoms with van der Waals surface area (Å²) < 4.78 is 30.0. The zero-order valence-electron chi connectivity index (χ0n) is 8.82. The molecule has 4 nitrogen and oxygen atoms in total. The van der Waals surface area contributed by atoms with Crippen LogP contribution >= 0.6 is 11.6 Å². The zero-order valence-corrected chi connectivity index (χ0v) is 9.58. The Morgan fingerprint density at radius 2 is 2.18 bits per heavy atom. The Balaban J connectivity index is 2.26. The molecule has 0 amide bonds. The summed E-state index contributed by atoms with van der Waals surface area (Å²) in [4.78, 5) is 11.8. The number of hydrogen-bond donors (Lipinski definition) is 0. The Morgan fingerprint density at radius 3 is 2.88 bits per heavy atom. The SMILES string of the molecule is CC(F)(F)COc1cnc2c(Cl)nccc2n1. The lowest BCUT2D eigenvalue weighted by molar-refractivity contribution is -0.0242. The van der Waals surface area contributed by atoms with Crippen LogP contribution in [0.3, 0.4) is 0 Å². The Bertz CT molecular complexity index is 545. The summed E-state index contributed by atoms with van der Waals surface area (Å²) in [5.41, 5.74) is 0.853. The van der Waals surface area contributed by atoms with E-state index in [0.29, 0.717) is 11.0 Å². The average Bonchev–Trinajstić information content (AvgIpc) is 2.26. The van der Waals surface area contributed by atoms with Crippen LogP contribution in [-0.2, 0) is 0 Å². The van der Waals surface area contributed by atoms with E-state index in [-0.39, 0.29) is 11.0 Å². The number of alkyl halides is 2. The molecule has 0 aliphatic rings. The van der Waals surface area contributed by atoms with Crippen molar-refractivity contribution in [1.82, 2.24) is 15.0 Å². The van der Waals surface area contributed by atoms with Crippen molar-refractivity contribution >= 4 is 22.6 Å². The van der Waals surface area contributed by atoms with Gasteiger partial charge in [0.2, 0.25) is 5.88 Å². The summed E-state index contributed by atoms with van der Waals surface area (Å²) in [5, 5.41) is 0.211. The number of rotatable bonds is 3. The molecule has 0 bridgehead atoms. The maximum atomic E-state index is 12.6. The molecule has 0 saturated carbocycles. The van der Waals surface area contributed by atoms with E-state index >= 15 is 0 Å². The van der Waals surface area contributed by atoms with Gasteiger partial charge in [-0.1, -0.05) is 11.6 Å². The van der Waals surface area contributed by atoms with Crippen molar-refractivity contribution in [3.63, 3.8) is 0 Å². The van der Waals surface area contributed by atoms with Crippen molar-refractivity contribution in [2.75, 3.05) is 6.61 Å². The number of aromatic nitrogens is 3. The molecule has 0 radical (unpaired) electrons. The van der Waals surface area contributed by atoms with Crippen LogP contribution in [0.2, 0.25) is 5.15 Å². The number of halogens is 3. The molecule has 17 heavy (non-hydrogen) atoms. The molecule has 0 spiro atoms. The molecule has 2 aromatic rings. The maximum absolute atomic E-state index is 12.6. The Labute approximate surface area is 101 Å². The summed E-state index contributed by atoms with van der Waals surface area (Å²) in [6.45, 7) is 0.0221. The molecule has 0 saturated heterocycles. The minimum Gasteiger partial charge on any atom is -0.470 e. The van der Waals surface area contributed by atoms with Gasteiger partial charge in [-0.3, -0.25) is 0 Å². The second-order valence-corrected chi connectivity index (χ2v) is 3.89. The van der Waals surface area contributed by atoms with Gasteiger partial charge in [-0.2, -0.15) is 0 Å². The van der Waals surface area contributed by atoms with Crippen LogP contribution in [-0.4, -0.2) is 27.5 Å². The van der Waals surface area contributed by atoms with Crippen LogP contribution in [0, 0.1) is 0 Å². The molecular formula is C10H8ClF2N3O. The highest BCUT2D eigenvalue weighted by Gasteiger charge is 2.22. The van der Waals surface area contributed by atoms with E-state index in [0.717, 1.165) is 6.92 Å². The van der Waals surface area contributed by atoms with E-state index in [1.165, 1.54) is 12.4 Å². The second kappa shape index (κ2) is 4.37. The predicted octanol–water partition coefficient (Wildman–Crippen LogP) is 2.71. The van der Waals surface area contributed by atoms with Crippen molar-refractivity contribution in [3.05, 3.63) is 23.6 Å². The fourth-order valence-electron chi connectivity index (χ4n) is 1.17. The van der Waals surface area contributed by atoms with Gasteiger partial charge in [0, 0.05) is 13.1 Å². The molecule has 2 heterocycles. The van der Waals surface area contributed by atoms with Crippen LogP contribution in [0.5, 0.6) is 5.88 Å². The largest absolute Gasteiger partial charge is 0.470 e. The Hall–Kier alpha value is -1.56. The number of hydrogen-bond acceptors (Lipinski definition) is 4. The normalized spacial score (nSPS) is 11.8. The van der Waals surface area contributed by atoms with Crippen LogP contribution in [0.15, 0.2) is 18.5 Å². The number of nitrogens with zero attached hydrogens (tertiary/aromatic N) is 3. The van der Waals surface area contributed by atoms with E-state index in [4.69, 9.17) is 16.3 Å². The van der Waals surface area contributed by atoms with Crippen molar-refractivity contribution in [3.8, 4) is 5.88 Å². The highest BCUT2D eigenvalue weighted by molar-refractivity contribution is 6.33. The molecular weight excluding hydrogens is 252 g/mol. The lowest BCUT2D eigenvalue weighted by Crippen LogP contribution is -2.21. The van der Waals surface area contributed by atoms with Gasteiger partial charge in [-0.05, 0) is 6.07 Å². The number of fused-ring (bicyclic) bond motifs is 1. The molecule has 0 aromatic carbocycles. The second-order valence-electron chi connectivity index (χ2n) is 3.54. The predicted molar refractivity (Wildman–Crippen MR) is 58.5 cm³/mol. The van der Waals surface area contributed by atoms with E-state index < -0.39 is 12.5 Å². The summed E-state index contributed by atoms with van der Waals surface area (Å²) in [5.74, 6) is -2.88. The minimum atomic E-state index is -2.91. The third-order valence-corrected chi connectivity index (χ3v) is 2.14. The minimum absolute atomic E-state index is 0.0290. The van der Waals surface area contributed by atoms with Crippen molar-refractivity contribution in [2.45, 2.75) is 12.8 Å². The van der Waals surface area contributed by atoms with Gasteiger partial charge in [0.15, 0.2) is 11.8 Å². The standard InChI is InChI=1S/C10H8ClF2N3O/c1-10(12,13)5-17-7-4-15-8-6(16-7)2-3-14-9(8)11/h2-4H,5H2,1H3. The van der Waals surface area contributed by atoms with E-state index in [9.17, 15) is 8.78 Å². The van der Waals surface area contributed by atoms with Crippen LogP contribution in [0.1, 0.15) is 6.92 Å². The molecule has 7 heteroatoms. The van der Waals surface area contributed by atoms with Gasteiger partial charge in [0.25, 0.3) is 5.92 Å². The number of pyridine rings is 1. The third-order valence-electron chi connectivity index (χ3n) is 1.87. The lowest BCUT2D eigenvalue weighted by Gasteiger charge is -2.11. The van der Waals surface area contributed by atoms with Gasteiger partial charge in [-0.25, -0.2) is 23.7 Å².